The van der Waals surface area contributed by atoms with Gasteiger partial charge in [0.15, 0.2) is 0 Å². The van der Waals surface area contributed by atoms with E-state index in [1.165, 1.54) is 0 Å². The standard InChI is InChI=1S/C9H9NO3/c1-13-8-4-2-3-7(5-8)6-9(11)10-12/h2-5H,6H2,1H3. The van der Waals surface area contributed by atoms with Crippen LogP contribution in [0.1, 0.15) is 5.56 Å². The average molecular weight is 179 g/mol. The Morgan fingerprint density at radius 1 is 1.54 bits per heavy atom. The molecule has 1 amide bonds. The zero-order chi connectivity index (χ0) is 9.68. The molecule has 0 atom stereocenters. The third-order valence-corrected chi connectivity index (χ3v) is 1.59. The highest BCUT2D eigenvalue weighted by Crippen LogP contribution is 2.12. The normalized spacial score (nSPS) is 9.31. The maximum absolute atomic E-state index is 10.7. The van der Waals surface area contributed by atoms with E-state index < -0.39 is 5.91 Å². The lowest BCUT2D eigenvalue weighted by molar-refractivity contribution is -0.117. The Labute approximate surface area is 75.5 Å². The second-order valence-electron chi connectivity index (χ2n) is 2.51. The molecule has 13 heavy (non-hydrogen) atoms. The maximum atomic E-state index is 10.7. The minimum Gasteiger partial charge on any atom is -0.497 e. The topological polar surface area (TPSA) is 55.7 Å². The van der Waals surface area contributed by atoms with Crippen LogP contribution in [-0.2, 0) is 11.2 Å². The molecule has 1 aromatic carbocycles. The number of amides is 1. The first-order valence-electron chi connectivity index (χ1n) is 3.75. The van der Waals surface area contributed by atoms with Crippen molar-refractivity contribution in [1.29, 1.82) is 0 Å². The second-order valence-corrected chi connectivity index (χ2v) is 2.51. The van der Waals surface area contributed by atoms with Gasteiger partial charge in [0.05, 0.1) is 13.5 Å². The SMILES string of the molecule is COc1cccc(CC(=O)N=O)c1. The third-order valence-electron chi connectivity index (χ3n) is 1.59. The number of nitroso groups, excluding NO2 is 1. The Bertz CT molecular complexity index is 322. The first kappa shape index (κ1) is 9.38. The fraction of sp³-hybridized carbons (Fsp3) is 0.222. The summed E-state index contributed by atoms with van der Waals surface area (Å²) in [4.78, 5) is 20.5. The summed E-state index contributed by atoms with van der Waals surface area (Å²) >= 11 is 0. The van der Waals surface area contributed by atoms with Crippen molar-refractivity contribution in [2.24, 2.45) is 5.18 Å². The molecule has 1 rings (SSSR count). The molecule has 0 saturated carbocycles. The Balaban J connectivity index is 2.77. The molecule has 0 spiro atoms. The molecule has 0 N–H and O–H groups in total. The van der Waals surface area contributed by atoms with E-state index >= 15 is 0 Å². The molecule has 0 aliphatic heterocycles. The van der Waals surface area contributed by atoms with Crippen LogP contribution in [0.2, 0.25) is 0 Å². The molecule has 0 heterocycles. The molecule has 0 aliphatic carbocycles. The van der Waals surface area contributed by atoms with E-state index in [1.807, 2.05) is 0 Å². The molecule has 4 heteroatoms. The van der Waals surface area contributed by atoms with Crippen LogP contribution >= 0.6 is 0 Å². The van der Waals surface area contributed by atoms with Crippen LogP contribution in [0.25, 0.3) is 0 Å². The number of hydrogen-bond donors (Lipinski definition) is 0. The smallest absolute Gasteiger partial charge is 0.290 e. The molecule has 0 radical (unpaired) electrons. The Hall–Kier alpha value is -1.71. The summed E-state index contributed by atoms with van der Waals surface area (Å²) in [5, 5.41) is 2.31. The fourth-order valence-corrected chi connectivity index (χ4v) is 0.989. The summed E-state index contributed by atoms with van der Waals surface area (Å²) in [6, 6.07) is 6.96. The van der Waals surface area contributed by atoms with Gasteiger partial charge in [-0.2, -0.15) is 0 Å². The number of methoxy groups -OCH3 is 1. The summed E-state index contributed by atoms with van der Waals surface area (Å²) < 4.78 is 4.95. The molecule has 68 valence electrons. The van der Waals surface area contributed by atoms with Gasteiger partial charge in [-0.25, -0.2) is 0 Å². The van der Waals surface area contributed by atoms with Gasteiger partial charge >= 0.3 is 0 Å². The first-order chi connectivity index (χ1) is 6.26. The van der Waals surface area contributed by atoms with Crippen LogP contribution < -0.4 is 4.74 Å². The van der Waals surface area contributed by atoms with Crippen LogP contribution in [-0.4, -0.2) is 13.0 Å². The van der Waals surface area contributed by atoms with Crippen molar-refractivity contribution in [1.82, 2.24) is 0 Å². The maximum Gasteiger partial charge on any atom is 0.290 e. The molecule has 0 aliphatic rings. The van der Waals surface area contributed by atoms with Gasteiger partial charge in [0, 0.05) is 5.18 Å². The van der Waals surface area contributed by atoms with E-state index in [2.05, 4.69) is 5.18 Å². The molecule has 0 bridgehead atoms. The van der Waals surface area contributed by atoms with Crippen molar-refractivity contribution in [3.8, 4) is 5.75 Å². The quantitative estimate of drug-likeness (QED) is 0.661. The number of hydrogen-bond acceptors (Lipinski definition) is 3. The van der Waals surface area contributed by atoms with Crippen LogP contribution in [0.3, 0.4) is 0 Å². The molecule has 0 fully saturated rings. The number of carbonyl (C=O) groups excluding carboxylic acids is 1. The molecule has 0 saturated heterocycles. The van der Waals surface area contributed by atoms with Crippen LogP contribution in [0.4, 0.5) is 0 Å². The van der Waals surface area contributed by atoms with Crippen molar-refractivity contribution in [2.75, 3.05) is 7.11 Å². The van der Waals surface area contributed by atoms with E-state index in [1.54, 1.807) is 31.4 Å². The van der Waals surface area contributed by atoms with Crippen molar-refractivity contribution in [2.45, 2.75) is 6.42 Å². The van der Waals surface area contributed by atoms with Gasteiger partial charge in [0.1, 0.15) is 5.75 Å². The highest BCUT2D eigenvalue weighted by atomic mass is 16.5. The minimum atomic E-state index is -0.673. The molecular weight excluding hydrogens is 170 g/mol. The summed E-state index contributed by atoms with van der Waals surface area (Å²) in [5.74, 6) is -0.00977. The largest absolute Gasteiger partial charge is 0.497 e. The van der Waals surface area contributed by atoms with Gasteiger partial charge in [-0.3, -0.25) is 4.79 Å². The number of rotatable bonds is 3. The molecule has 1 aromatic rings. The average Bonchev–Trinajstić information content (AvgIpc) is 2.18. The molecule has 0 unspecified atom stereocenters. The summed E-state index contributed by atoms with van der Waals surface area (Å²) in [6.07, 6.45) is 0.0285. The van der Waals surface area contributed by atoms with Crippen molar-refractivity contribution < 1.29 is 9.53 Å². The molecule has 4 nitrogen and oxygen atoms in total. The minimum absolute atomic E-state index is 0.0285. The van der Waals surface area contributed by atoms with Crippen molar-refractivity contribution >= 4 is 5.91 Å². The number of carbonyl (C=O) groups is 1. The monoisotopic (exact) mass is 179 g/mol. The van der Waals surface area contributed by atoms with Gasteiger partial charge in [-0.05, 0) is 17.7 Å². The van der Waals surface area contributed by atoms with E-state index in [4.69, 9.17) is 4.74 Å². The predicted octanol–water partition coefficient (Wildman–Crippen LogP) is 1.53. The van der Waals surface area contributed by atoms with Gasteiger partial charge in [-0.15, -0.1) is 4.91 Å². The molecule has 0 aromatic heterocycles. The van der Waals surface area contributed by atoms with Crippen molar-refractivity contribution in [3.05, 3.63) is 34.7 Å². The second kappa shape index (κ2) is 4.35. The Kier molecular flexibility index (Phi) is 3.14. The van der Waals surface area contributed by atoms with E-state index in [-0.39, 0.29) is 6.42 Å². The highest BCUT2D eigenvalue weighted by Gasteiger charge is 2.03. The van der Waals surface area contributed by atoms with Crippen molar-refractivity contribution in [3.63, 3.8) is 0 Å². The molecular formula is C9H9NO3. The number of benzene rings is 1. The third kappa shape index (κ3) is 2.66. The lowest BCUT2D eigenvalue weighted by Crippen LogP contribution is -1.97. The fourth-order valence-electron chi connectivity index (χ4n) is 0.989. The van der Waals surface area contributed by atoms with Gasteiger partial charge in [-0.1, -0.05) is 12.1 Å². The highest BCUT2D eigenvalue weighted by molar-refractivity contribution is 5.79. The number of ether oxygens (including phenoxy) is 1. The van der Waals surface area contributed by atoms with E-state index in [0.717, 1.165) is 5.56 Å². The zero-order valence-corrected chi connectivity index (χ0v) is 7.19. The summed E-state index contributed by atoms with van der Waals surface area (Å²) in [6.45, 7) is 0. The Morgan fingerprint density at radius 3 is 2.92 bits per heavy atom. The van der Waals surface area contributed by atoms with E-state index in [9.17, 15) is 9.70 Å². The van der Waals surface area contributed by atoms with E-state index in [0.29, 0.717) is 5.75 Å². The van der Waals surface area contributed by atoms with Gasteiger partial charge < -0.3 is 4.74 Å². The lowest BCUT2D eigenvalue weighted by atomic mass is 10.1. The zero-order valence-electron chi connectivity index (χ0n) is 7.19. The Morgan fingerprint density at radius 2 is 2.31 bits per heavy atom. The number of nitrogens with zero attached hydrogens (tertiary/aromatic N) is 1. The predicted molar refractivity (Wildman–Crippen MR) is 47.5 cm³/mol. The van der Waals surface area contributed by atoms with Crippen LogP contribution in [0.5, 0.6) is 5.75 Å². The van der Waals surface area contributed by atoms with Crippen LogP contribution in [0.15, 0.2) is 29.4 Å². The first-order valence-corrected chi connectivity index (χ1v) is 3.75. The van der Waals surface area contributed by atoms with Gasteiger partial charge in [0.2, 0.25) is 0 Å². The summed E-state index contributed by atoms with van der Waals surface area (Å²) in [7, 11) is 1.54. The summed E-state index contributed by atoms with van der Waals surface area (Å²) in [5.41, 5.74) is 0.726. The van der Waals surface area contributed by atoms with Crippen LogP contribution in [0, 0.1) is 4.91 Å². The van der Waals surface area contributed by atoms with Gasteiger partial charge in [0.25, 0.3) is 5.91 Å². The lowest BCUT2D eigenvalue weighted by Gasteiger charge is -2.00.